The molecule has 1 aromatic heterocycles. The second-order valence-electron chi connectivity index (χ2n) is 8.07. The van der Waals surface area contributed by atoms with E-state index in [-0.39, 0.29) is 17.5 Å². The summed E-state index contributed by atoms with van der Waals surface area (Å²) in [5.41, 5.74) is 2.93. The van der Waals surface area contributed by atoms with Crippen LogP contribution in [0.2, 0.25) is 0 Å². The number of anilines is 1. The van der Waals surface area contributed by atoms with Gasteiger partial charge in [0.15, 0.2) is 0 Å². The van der Waals surface area contributed by atoms with Gasteiger partial charge in [-0.2, -0.15) is 5.10 Å². The number of carbonyl (C=O) groups excluding carboxylic acids is 1. The number of nitrogens with zero attached hydrogens (tertiary/aromatic N) is 3. The van der Waals surface area contributed by atoms with E-state index < -0.39 is 0 Å². The van der Waals surface area contributed by atoms with Crippen molar-refractivity contribution in [3.8, 4) is 5.75 Å². The first kappa shape index (κ1) is 20.9. The minimum atomic E-state index is -0.142. The number of hydrogen-bond donors (Lipinski definition) is 1. The molecule has 0 saturated carbocycles. The number of nitrogens with one attached hydrogen (secondary N) is 1. The van der Waals surface area contributed by atoms with Crippen LogP contribution in [0, 0.1) is 19.8 Å². The van der Waals surface area contributed by atoms with Crippen LogP contribution < -0.4 is 15.7 Å². The van der Waals surface area contributed by atoms with Crippen LogP contribution in [0.25, 0.3) is 0 Å². The Hall–Kier alpha value is -3.35. The molecule has 0 saturated heterocycles. The number of carbonyl (C=O) groups is 1. The van der Waals surface area contributed by atoms with E-state index in [1.165, 1.54) is 10.2 Å². The average molecular weight is 421 g/mol. The number of aromatic nitrogens is 3. The van der Waals surface area contributed by atoms with E-state index >= 15 is 0 Å². The van der Waals surface area contributed by atoms with Crippen LogP contribution in [0.3, 0.4) is 0 Å². The van der Waals surface area contributed by atoms with Crippen molar-refractivity contribution < 1.29 is 9.53 Å². The largest absolute Gasteiger partial charge is 0.492 e. The van der Waals surface area contributed by atoms with Crippen molar-refractivity contribution in [3.05, 3.63) is 76.0 Å². The predicted molar refractivity (Wildman–Crippen MR) is 119 cm³/mol. The van der Waals surface area contributed by atoms with Crippen LogP contribution in [0.15, 0.2) is 53.3 Å². The van der Waals surface area contributed by atoms with Gasteiger partial charge in [-0.05, 0) is 50.5 Å². The number of fused-ring (bicyclic) bond motifs is 1. The third-order valence-corrected chi connectivity index (χ3v) is 5.74. The van der Waals surface area contributed by atoms with E-state index in [4.69, 9.17) is 4.74 Å². The zero-order valence-electron chi connectivity index (χ0n) is 18.0. The molecule has 31 heavy (non-hydrogen) atoms. The first-order valence-corrected chi connectivity index (χ1v) is 10.7. The third kappa shape index (κ3) is 4.87. The number of ether oxygens (including phenoxy) is 1. The van der Waals surface area contributed by atoms with Crippen molar-refractivity contribution >= 4 is 11.6 Å². The van der Waals surface area contributed by atoms with Gasteiger partial charge >= 0.3 is 5.69 Å². The lowest BCUT2D eigenvalue weighted by atomic mass is 9.99. The van der Waals surface area contributed by atoms with Gasteiger partial charge in [0.25, 0.3) is 0 Å². The van der Waals surface area contributed by atoms with Crippen molar-refractivity contribution in [2.45, 2.75) is 46.2 Å². The Bertz CT molecular complexity index is 1120. The maximum atomic E-state index is 12.8. The van der Waals surface area contributed by atoms with E-state index in [1.807, 2.05) is 56.3 Å². The van der Waals surface area contributed by atoms with Gasteiger partial charge in [0.1, 0.15) is 18.2 Å². The number of hydrogen-bond acceptors (Lipinski definition) is 4. The SMILES string of the molecule is Cc1ccc(NC(=O)C2CCc3nn(CCOc4ccccc4)c(=O)n3CC2)c(C)c1. The molecule has 1 amide bonds. The molecular formula is C24H28N4O3. The standard InChI is InChI=1S/C24H28N4O3/c1-17-8-10-21(18(2)16-17)25-23(29)19-9-11-22-26-28(24(30)27(22)13-12-19)14-15-31-20-6-4-3-5-7-20/h3-8,10,16,19H,9,11-15H2,1-2H3,(H,25,29). The summed E-state index contributed by atoms with van der Waals surface area (Å²) in [5, 5.41) is 7.55. The topological polar surface area (TPSA) is 78.2 Å². The lowest BCUT2D eigenvalue weighted by Gasteiger charge is -2.15. The Morgan fingerprint density at radius 3 is 2.74 bits per heavy atom. The monoisotopic (exact) mass is 420 g/mol. The Balaban J connectivity index is 1.36. The highest BCUT2D eigenvalue weighted by molar-refractivity contribution is 5.93. The molecule has 1 N–H and O–H groups in total. The van der Waals surface area contributed by atoms with Gasteiger partial charge in [-0.1, -0.05) is 35.9 Å². The first-order valence-electron chi connectivity index (χ1n) is 10.7. The molecule has 1 aliphatic rings. The lowest BCUT2D eigenvalue weighted by Crippen LogP contribution is -2.28. The number of amides is 1. The molecule has 1 atom stereocenters. The van der Waals surface area contributed by atoms with Crippen molar-refractivity contribution in [1.82, 2.24) is 14.3 Å². The normalized spacial score (nSPS) is 15.7. The highest BCUT2D eigenvalue weighted by atomic mass is 16.5. The smallest absolute Gasteiger partial charge is 0.346 e. The zero-order valence-corrected chi connectivity index (χ0v) is 18.0. The molecule has 7 nitrogen and oxygen atoms in total. The van der Waals surface area contributed by atoms with Crippen molar-refractivity contribution in [1.29, 1.82) is 0 Å². The molecule has 4 rings (SSSR count). The molecule has 0 fully saturated rings. The summed E-state index contributed by atoms with van der Waals surface area (Å²) >= 11 is 0. The molecule has 0 radical (unpaired) electrons. The van der Waals surface area contributed by atoms with Crippen molar-refractivity contribution in [3.63, 3.8) is 0 Å². The molecule has 1 aliphatic heterocycles. The molecule has 2 heterocycles. The summed E-state index contributed by atoms with van der Waals surface area (Å²) in [6.45, 7) is 5.30. The van der Waals surface area contributed by atoms with Crippen molar-refractivity contribution in [2.24, 2.45) is 5.92 Å². The number of rotatable bonds is 6. The van der Waals surface area contributed by atoms with Gasteiger partial charge in [0, 0.05) is 24.6 Å². The van der Waals surface area contributed by atoms with Crippen LogP contribution in [0.5, 0.6) is 5.75 Å². The van der Waals surface area contributed by atoms with E-state index in [0.29, 0.717) is 39.0 Å². The number of aryl methyl sites for hydroxylation is 3. The third-order valence-electron chi connectivity index (χ3n) is 5.74. The van der Waals surface area contributed by atoms with Crippen LogP contribution in [0.1, 0.15) is 29.8 Å². The second kappa shape index (κ2) is 9.20. The van der Waals surface area contributed by atoms with E-state index in [9.17, 15) is 9.59 Å². The van der Waals surface area contributed by atoms with E-state index in [1.54, 1.807) is 4.57 Å². The van der Waals surface area contributed by atoms with Crippen LogP contribution in [-0.2, 0) is 24.3 Å². The first-order chi connectivity index (χ1) is 15.0. The highest BCUT2D eigenvalue weighted by Gasteiger charge is 2.25. The van der Waals surface area contributed by atoms with Gasteiger partial charge in [0.2, 0.25) is 5.91 Å². The Morgan fingerprint density at radius 1 is 1.16 bits per heavy atom. The molecule has 1 unspecified atom stereocenters. The van der Waals surface area contributed by atoms with Gasteiger partial charge in [-0.25, -0.2) is 9.48 Å². The van der Waals surface area contributed by atoms with Crippen LogP contribution in [0.4, 0.5) is 5.69 Å². The fraction of sp³-hybridized carbons (Fsp3) is 0.375. The minimum Gasteiger partial charge on any atom is -0.492 e. The molecular weight excluding hydrogens is 392 g/mol. The zero-order chi connectivity index (χ0) is 21.8. The predicted octanol–water partition coefficient (Wildman–Crippen LogP) is 3.33. The number of benzene rings is 2. The lowest BCUT2D eigenvalue weighted by molar-refractivity contribution is -0.120. The molecule has 162 valence electrons. The summed E-state index contributed by atoms with van der Waals surface area (Å²) in [6, 6.07) is 15.5. The Labute approximate surface area is 181 Å². The molecule has 3 aromatic rings. The Morgan fingerprint density at radius 2 is 1.97 bits per heavy atom. The molecule has 2 aromatic carbocycles. The summed E-state index contributed by atoms with van der Waals surface area (Å²) in [7, 11) is 0. The van der Waals surface area contributed by atoms with Gasteiger partial charge in [-0.15, -0.1) is 0 Å². The summed E-state index contributed by atoms with van der Waals surface area (Å²) in [4.78, 5) is 25.6. The fourth-order valence-electron chi connectivity index (χ4n) is 3.99. The quantitative estimate of drug-likeness (QED) is 0.664. The molecule has 7 heteroatoms. The van der Waals surface area contributed by atoms with Gasteiger partial charge in [-0.3, -0.25) is 9.36 Å². The van der Waals surface area contributed by atoms with Crippen LogP contribution in [-0.4, -0.2) is 26.9 Å². The van der Waals surface area contributed by atoms with Crippen molar-refractivity contribution in [2.75, 3.05) is 11.9 Å². The molecule has 0 bridgehead atoms. The molecule has 0 aliphatic carbocycles. The van der Waals surface area contributed by atoms with Gasteiger partial charge in [0.05, 0.1) is 6.54 Å². The number of para-hydroxylation sites is 1. The second-order valence-corrected chi connectivity index (χ2v) is 8.07. The average Bonchev–Trinajstić information content (AvgIpc) is 2.92. The minimum absolute atomic E-state index is 0.00860. The maximum Gasteiger partial charge on any atom is 0.346 e. The summed E-state index contributed by atoms with van der Waals surface area (Å²) in [6.07, 6.45) is 1.90. The fourth-order valence-corrected chi connectivity index (χ4v) is 3.99. The van der Waals surface area contributed by atoms with E-state index in [0.717, 1.165) is 22.8 Å². The summed E-state index contributed by atoms with van der Waals surface area (Å²) < 4.78 is 8.85. The maximum absolute atomic E-state index is 12.8. The Kier molecular flexibility index (Phi) is 6.21. The summed E-state index contributed by atoms with van der Waals surface area (Å²) in [5.74, 6) is 1.38. The van der Waals surface area contributed by atoms with Crippen LogP contribution >= 0.6 is 0 Å². The highest BCUT2D eigenvalue weighted by Crippen LogP contribution is 2.22. The van der Waals surface area contributed by atoms with Gasteiger partial charge < -0.3 is 10.1 Å². The molecule has 0 spiro atoms. The van der Waals surface area contributed by atoms with E-state index in [2.05, 4.69) is 16.5 Å².